The molecule has 1 atom stereocenters. The topological polar surface area (TPSA) is 84.0 Å². The molecular weight excluding hydrogens is 413 g/mol. The van der Waals surface area contributed by atoms with Gasteiger partial charge in [0, 0.05) is 6.42 Å². The van der Waals surface area contributed by atoms with E-state index >= 15 is 0 Å². The van der Waals surface area contributed by atoms with Crippen molar-refractivity contribution in [2.24, 2.45) is 0 Å². The molecule has 1 unspecified atom stereocenters. The highest BCUT2D eigenvalue weighted by molar-refractivity contribution is 7.15. The quantitative estimate of drug-likeness (QED) is 0.631. The van der Waals surface area contributed by atoms with Crippen LogP contribution in [0, 0.1) is 0 Å². The van der Waals surface area contributed by atoms with Crippen molar-refractivity contribution in [3.05, 3.63) is 63.3 Å². The number of thiophene rings is 1. The molecule has 2 aromatic heterocycles. The number of carbonyl (C=O) groups excluding carboxylic acids is 2. The predicted octanol–water partition coefficient (Wildman–Crippen LogP) is 3.60. The number of nitrogens with zero attached hydrogens (tertiary/aromatic N) is 2. The summed E-state index contributed by atoms with van der Waals surface area (Å²) in [6, 6.07) is 11.2. The zero-order chi connectivity index (χ0) is 20.1. The molecule has 0 aliphatic carbocycles. The maximum atomic E-state index is 12.7. The van der Waals surface area contributed by atoms with Crippen LogP contribution in [0.4, 0.5) is 18.3 Å². The molecule has 0 saturated carbocycles. The minimum Gasteiger partial charge on any atom is -0.339 e. The number of carbonyl (C=O) groups is 2. The first kappa shape index (κ1) is 20.0. The highest BCUT2D eigenvalue weighted by atomic mass is 32.1. The van der Waals surface area contributed by atoms with Crippen molar-refractivity contribution in [3.63, 3.8) is 0 Å². The first-order valence-corrected chi connectivity index (χ1v) is 9.62. The molecule has 0 radical (unpaired) electrons. The summed E-state index contributed by atoms with van der Waals surface area (Å²) in [6.07, 6.45) is -4.48. The number of benzene rings is 1. The Balaban J connectivity index is 1.75. The van der Waals surface area contributed by atoms with Gasteiger partial charge in [0.05, 0.1) is 4.88 Å². The second-order valence-electron chi connectivity index (χ2n) is 5.59. The number of halogens is 3. The monoisotopic (exact) mass is 426 g/mol. The number of amides is 2. The summed E-state index contributed by atoms with van der Waals surface area (Å²) < 4.78 is 38.0. The van der Waals surface area contributed by atoms with E-state index in [0.29, 0.717) is 4.88 Å². The zero-order valence-corrected chi connectivity index (χ0v) is 15.7. The Bertz CT molecular complexity index is 943. The summed E-state index contributed by atoms with van der Waals surface area (Å²) >= 11 is 1.43. The van der Waals surface area contributed by atoms with Crippen molar-refractivity contribution in [1.82, 2.24) is 15.5 Å². The third kappa shape index (κ3) is 5.14. The lowest BCUT2D eigenvalue weighted by Crippen LogP contribution is -2.45. The first-order valence-electron chi connectivity index (χ1n) is 7.93. The summed E-state index contributed by atoms with van der Waals surface area (Å²) in [5, 5.41) is 11.6. The number of nitrogens with one attached hydrogen (secondary N) is 2. The van der Waals surface area contributed by atoms with Crippen LogP contribution in [-0.4, -0.2) is 28.1 Å². The number of rotatable bonds is 6. The van der Waals surface area contributed by atoms with Crippen molar-refractivity contribution >= 4 is 39.6 Å². The lowest BCUT2D eigenvalue weighted by molar-refractivity contribution is -0.138. The van der Waals surface area contributed by atoms with E-state index in [1.54, 1.807) is 41.8 Å². The van der Waals surface area contributed by atoms with Crippen LogP contribution in [0.1, 0.15) is 20.2 Å². The van der Waals surface area contributed by atoms with Gasteiger partial charge in [-0.25, -0.2) is 0 Å². The van der Waals surface area contributed by atoms with E-state index in [1.165, 1.54) is 11.3 Å². The minimum atomic E-state index is -4.64. The van der Waals surface area contributed by atoms with E-state index in [2.05, 4.69) is 20.8 Å². The molecule has 3 rings (SSSR count). The van der Waals surface area contributed by atoms with Crippen LogP contribution in [0.2, 0.25) is 0 Å². The summed E-state index contributed by atoms with van der Waals surface area (Å²) in [5.41, 5.74) is 0.780. The molecule has 0 spiro atoms. The van der Waals surface area contributed by atoms with Crippen LogP contribution in [0.25, 0.3) is 0 Å². The van der Waals surface area contributed by atoms with Gasteiger partial charge in [-0.05, 0) is 17.0 Å². The van der Waals surface area contributed by atoms with Gasteiger partial charge in [-0.15, -0.1) is 21.5 Å². The molecule has 1 aromatic carbocycles. The Morgan fingerprint density at radius 3 is 2.43 bits per heavy atom. The maximum absolute atomic E-state index is 12.7. The summed E-state index contributed by atoms with van der Waals surface area (Å²) in [5.74, 6) is -1.13. The first-order chi connectivity index (χ1) is 13.3. The number of alkyl halides is 3. The minimum absolute atomic E-state index is 0.161. The van der Waals surface area contributed by atoms with Crippen LogP contribution in [0.3, 0.4) is 0 Å². The molecule has 3 aromatic rings. The Labute approximate surface area is 165 Å². The number of hydrogen-bond donors (Lipinski definition) is 2. The van der Waals surface area contributed by atoms with E-state index in [4.69, 9.17) is 0 Å². The normalized spacial score (nSPS) is 12.4. The lowest BCUT2D eigenvalue weighted by atomic mass is 10.1. The molecule has 6 nitrogen and oxygen atoms in total. The van der Waals surface area contributed by atoms with Gasteiger partial charge in [0.2, 0.25) is 16.0 Å². The predicted molar refractivity (Wildman–Crippen MR) is 99.3 cm³/mol. The van der Waals surface area contributed by atoms with Gasteiger partial charge in [0.25, 0.3) is 5.91 Å². The fourth-order valence-corrected chi connectivity index (χ4v) is 3.52. The molecule has 2 amide bonds. The Morgan fingerprint density at radius 2 is 1.82 bits per heavy atom. The summed E-state index contributed by atoms with van der Waals surface area (Å²) in [7, 11) is 0. The molecule has 11 heteroatoms. The highest BCUT2D eigenvalue weighted by Gasteiger charge is 2.36. The van der Waals surface area contributed by atoms with Crippen LogP contribution in [0.5, 0.6) is 0 Å². The van der Waals surface area contributed by atoms with Gasteiger partial charge in [0.1, 0.15) is 6.04 Å². The van der Waals surface area contributed by atoms with Gasteiger partial charge in [-0.3, -0.25) is 14.9 Å². The SMILES string of the molecule is O=C(NC(Cc1ccccc1)C(=O)Nc1nnc(C(F)(F)F)s1)c1cccs1. The van der Waals surface area contributed by atoms with Gasteiger partial charge in [0.15, 0.2) is 0 Å². The molecule has 0 aliphatic rings. The van der Waals surface area contributed by atoms with Gasteiger partial charge >= 0.3 is 6.18 Å². The smallest absolute Gasteiger partial charge is 0.339 e. The van der Waals surface area contributed by atoms with E-state index < -0.39 is 29.0 Å². The van der Waals surface area contributed by atoms with Crippen LogP contribution in [0.15, 0.2) is 47.8 Å². The van der Waals surface area contributed by atoms with Crippen LogP contribution < -0.4 is 10.6 Å². The number of aromatic nitrogens is 2. The second kappa shape index (κ2) is 8.48. The molecule has 0 fully saturated rings. The summed E-state index contributed by atoms with van der Waals surface area (Å²) in [4.78, 5) is 25.4. The molecular formula is C17H13F3N4O2S2. The molecule has 2 heterocycles. The number of hydrogen-bond acceptors (Lipinski definition) is 6. The zero-order valence-electron chi connectivity index (χ0n) is 14.1. The molecule has 0 saturated heterocycles. The average Bonchev–Trinajstić information content (AvgIpc) is 3.33. The molecule has 28 heavy (non-hydrogen) atoms. The molecule has 146 valence electrons. The third-order valence-electron chi connectivity index (χ3n) is 3.55. The van der Waals surface area contributed by atoms with Crippen LogP contribution in [-0.2, 0) is 17.4 Å². The largest absolute Gasteiger partial charge is 0.445 e. The third-order valence-corrected chi connectivity index (χ3v) is 5.30. The standard InChI is InChI=1S/C17H13F3N4O2S2/c18-17(19,20)15-23-24-16(28-15)22-13(25)11(9-10-5-2-1-3-6-10)21-14(26)12-7-4-8-27-12/h1-8,11H,9H2,(H,21,26)(H,22,24,25). The van der Waals surface area contributed by atoms with E-state index in [9.17, 15) is 22.8 Å². The van der Waals surface area contributed by atoms with Crippen molar-refractivity contribution in [3.8, 4) is 0 Å². The second-order valence-corrected chi connectivity index (χ2v) is 7.52. The van der Waals surface area contributed by atoms with Crippen molar-refractivity contribution < 1.29 is 22.8 Å². The lowest BCUT2D eigenvalue weighted by Gasteiger charge is -2.17. The van der Waals surface area contributed by atoms with Crippen LogP contribution >= 0.6 is 22.7 Å². The van der Waals surface area contributed by atoms with E-state index in [-0.39, 0.29) is 22.9 Å². The van der Waals surface area contributed by atoms with Crippen molar-refractivity contribution in [2.75, 3.05) is 5.32 Å². The Morgan fingerprint density at radius 1 is 1.07 bits per heavy atom. The molecule has 0 aliphatic heterocycles. The van der Waals surface area contributed by atoms with Gasteiger partial charge < -0.3 is 5.32 Å². The van der Waals surface area contributed by atoms with Gasteiger partial charge in [-0.2, -0.15) is 13.2 Å². The van der Waals surface area contributed by atoms with E-state index in [1.807, 2.05) is 6.07 Å². The fraction of sp³-hybridized carbons (Fsp3) is 0.176. The highest BCUT2D eigenvalue weighted by Crippen LogP contribution is 2.33. The average molecular weight is 426 g/mol. The van der Waals surface area contributed by atoms with Crippen molar-refractivity contribution in [2.45, 2.75) is 18.6 Å². The Kier molecular flexibility index (Phi) is 6.05. The maximum Gasteiger partial charge on any atom is 0.445 e. The van der Waals surface area contributed by atoms with Gasteiger partial charge in [-0.1, -0.05) is 47.7 Å². The van der Waals surface area contributed by atoms with E-state index in [0.717, 1.165) is 5.56 Å². The number of anilines is 1. The molecule has 2 N–H and O–H groups in total. The van der Waals surface area contributed by atoms with Crippen molar-refractivity contribution in [1.29, 1.82) is 0 Å². The molecule has 0 bridgehead atoms. The summed E-state index contributed by atoms with van der Waals surface area (Å²) in [6.45, 7) is 0. The Hall–Kier alpha value is -2.79. The fourth-order valence-electron chi connectivity index (χ4n) is 2.28.